The summed E-state index contributed by atoms with van der Waals surface area (Å²) >= 11 is 0. The minimum atomic E-state index is 0.871. The summed E-state index contributed by atoms with van der Waals surface area (Å²) in [5, 5.41) is 3.97. The first-order valence-electron chi connectivity index (χ1n) is 6.59. The lowest BCUT2D eigenvalue weighted by molar-refractivity contribution is 0.358. The van der Waals surface area contributed by atoms with Crippen LogP contribution in [0.4, 0.5) is 0 Å². The van der Waals surface area contributed by atoms with Gasteiger partial charge in [-0.2, -0.15) is 0 Å². The Bertz CT molecular complexity index is 193. The molecule has 0 spiro atoms. The SMILES string of the molecule is CC1CCC(NC(C2CC2)C2CC2)C1. The highest BCUT2D eigenvalue weighted by molar-refractivity contribution is 4.98. The van der Waals surface area contributed by atoms with Crippen LogP contribution < -0.4 is 5.32 Å². The van der Waals surface area contributed by atoms with Crippen molar-refractivity contribution in [2.24, 2.45) is 17.8 Å². The van der Waals surface area contributed by atoms with Gasteiger partial charge in [0, 0.05) is 12.1 Å². The highest BCUT2D eigenvalue weighted by atomic mass is 15.0. The number of nitrogens with one attached hydrogen (secondary N) is 1. The predicted molar refractivity (Wildman–Crippen MR) is 59.2 cm³/mol. The largest absolute Gasteiger partial charge is 0.311 e. The van der Waals surface area contributed by atoms with E-state index in [1.807, 2.05) is 0 Å². The Kier molecular flexibility index (Phi) is 2.31. The molecule has 3 aliphatic carbocycles. The molecule has 3 fully saturated rings. The molecule has 14 heavy (non-hydrogen) atoms. The summed E-state index contributed by atoms with van der Waals surface area (Å²) in [5.41, 5.74) is 0. The van der Waals surface area contributed by atoms with Crippen molar-refractivity contribution in [1.82, 2.24) is 5.32 Å². The van der Waals surface area contributed by atoms with Gasteiger partial charge in [0.1, 0.15) is 0 Å². The highest BCUT2D eigenvalue weighted by Gasteiger charge is 2.42. The highest BCUT2D eigenvalue weighted by Crippen LogP contribution is 2.45. The fraction of sp³-hybridized carbons (Fsp3) is 1.00. The van der Waals surface area contributed by atoms with E-state index in [4.69, 9.17) is 0 Å². The second-order valence-electron chi connectivity index (χ2n) is 5.98. The Labute approximate surface area is 87.7 Å². The van der Waals surface area contributed by atoms with Crippen molar-refractivity contribution >= 4 is 0 Å². The zero-order valence-corrected chi connectivity index (χ0v) is 9.34. The Morgan fingerprint density at radius 2 is 1.57 bits per heavy atom. The predicted octanol–water partition coefficient (Wildman–Crippen LogP) is 2.95. The third kappa shape index (κ3) is 1.98. The average molecular weight is 193 g/mol. The van der Waals surface area contributed by atoms with Crippen LogP contribution in [0.2, 0.25) is 0 Å². The molecule has 0 heterocycles. The van der Waals surface area contributed by atoms with E-state index in [-0.39, 0.29) is 0 Å². The maximum Gasteiger partial charge on any atom is 0.0126 e. The Balaban J connectivity index is 1.53. The molecule has 0 aromatic carbocycles. The van der Waals surface area contributed by atoms with E-state index in [2.05, 4.69) is 12.2 Å². The molecule has 0 aromatic rings. The van der Waals surface area contributed by atoms with E-state index in [9.17, 15) is 0 Å². The van der Waals surface area contributed by atoms with Crippen LogP contribution in [0.5, 0.6) is 0 Å². The molecular weight excluding hydrogens is 170 g/mol. The Morgan fingerprint density at radius 3 is 2.00 bits per heavy atom. The van der Waals surface area contributed by atoms with E-state index in [0.29, 0.717) is 0 Å². The summed E-state index contributed by atoms with van der Waals surface area (Å²) in [6.07, 6.45) is 10.4. The van der Waals surface area contributed by atoms with E-state index >= 15 is 0 Å². The molecule has 0 amide bonds. The second-order valence-corrected chi connectivity index (χ2v) is 5.98. The maximum atomic E-state index is 3.97. The molecule has 1 N–H and O–H groups in total. The van der Waals surface area contributed by atoms with Gasteiger partial charge in [0.05, 0.1) is 0 Å². The molecule has 80 valence electrons. The second kappa shape index (κ2) is 3.52. The van der Waals surface area contributed by atoms with Gasteiger partial charge in [-0.3, -0.25) is 0 Å². The Hall–Kier alpha value is -0.0400. The molecule has 0 aliphatic heterocycles. The third-order valence-corrected chi connectivity index (χ3v) is 4.38. The summed E-state index contributed by atoms with van der Waals surface area (Å²) in [6, 6.07) is 1.79. The number of hydrogen-bond donors (Lipinski definition) is 1. The standard InChI is InChI=1S/C13H23N/c1-9-2-7-12(8-9)14-13(10-3-4-10)11-5-6-11/h9-14H,2-8H2,1H3. The molecule has 3 rings (SSSR count). The summed E-state index contributed by atoms with van der Waals surface area (Å²) in [5.74, 6) is 3.11. The van der Waals surface area contributed by atoms with Crippen molar-refractivity contribution < 1.29 is 0 Å². The van der Waals surface area contributed by atoms with Gasteiger partial charge in [-0.1, -0.05) is 6.92 Å². The van der Waals surface area contributed by atoms with Crippen LogP contribution in [-0.2, 0) is 0 Å². The summed E-state index contributed by atoms with van der Waals surface area (Å²) in [7, 11) is 0. The zero-order valence-electron chi connectivity index (χ0n) is 9.34. The average Bonchev–Trinajstić information content (AvgIpc) is 3.04. The minimum absolute atomic E-state index is 0.871. The minimum Gasteiger partial charge on any atom is -0.311 e. The van der Waals surface area contributed by atoms with Gasteiger partial charge in [-0.15, -0.1) is 0 Å². The first kappa shape index (κ1) is 9.21. The van der Waals surface area contributed by atoms with Crippen LogP contribution >= 0.6 is 0 Å². The fourth-order valence-corrected chi connectivity index (χ4v) is 3.20. The molecule has 1 nitrogen and oxygen atoms in total. The summed E-state index contributed by atoms with van der Waals surface area (Å²) in [4.78, 5) is 0. The van der Waals surface area contributed by atoms with Crippen LogP contribution in [0.3, 0.4) is 0 Å². The van der Waals surface area contributed by atoms with Crippen molar-refractivity contribution in [2.45, 2.75) is 64.0 Å². The first-order valence-corrected chi connectivity index (χ1v) is 6.59. The van der Waals surface area contributed by atoms with Crippen molar-refractivity contribution in [3.8, 4) is 0 Å². The summed E-state index contributed by atoms with van der Waals surface area (Å²) in [6.45, 7) is 2.41. The van der Waals surface area contributed by atoms with E-state index in [1.165, 1.54) is 44.9 Å². The first-order chi connectivity index (χ1) is 6.83. The molecule has 0 aromatic heterocycles. The normalized spacial score (nSPS) is 38.1. The van der Waals surface area contributed by atoms with E-state index < -0.39 is 0 Å². The quantitative estimate of drug-likeness (QED) is 0.724. The Morgan fingerprint density at radius 1 is 0.929 bits per heavy atom. The van der Waals surface area contributed by atoms with Crippen LogP contribution in [0, 0.1) is 17.8 Å². The van der Waals surface area contributed by atoms with E-state index in [0.717, 1.165) is 29.8 Å². The fourth-order valence-electron chi connectivity index (χ4n) is 3.20. The van der Waals surface area contributed by atoms with Gasteiger partial charge >= 0.3 is 0 Å². The monoisotopic (exact) mass is 193 g/mol. The van der Waals surface area contributed by atoms with Crippen molar-refractivity contribution in [1.29, 1.82) is 0 Å². The number of hydrogen-bond acceptors (Lipinski definition) is 1. The van der Waals surface area contributed by atoms with Gasteiger partial charge in [-0.05, 0) is 62.7 Å². The third-order valence-electron chi connectivity index (χ3n) is 4.38. The zero-order chi connectivity index (χ0) is 9.54. The van der Waals surface area contributed by atoms with Gasteiger partial charge in [0.25, 0.3) is 0 Å². The van der Waals surface area contributed by atoms with Crippen LogP contribution in [-0.4, -0.2) is 12.1 Å². The van der Waals surface area contributed by atoms with Gasteiger partial charge in [0.15, 0.2) is 0 Å². The van der Waals surface area contributed by atoms with Gasteiger partial charge in [-0.25, -0.2) is 0 Å². The van der Waals surface area contributed by atoms with Crippen LogP contribution in [0.15, 0.2) is 0 Å². The van der Waals surface area contributed by atoms with Crippen LogP contribution in [0.1, 0.15) is 51.9 Å². The molecule has 2 unspecified atom stereocenters. The molecule has 0 saturated heterocycles. The van der Waals surface area contributed by atoms with Crippen molar-refractivity contribution in [3.63, 3.8) is 0 Å². The summed E-state index contributed by atoms with van der Waals surface area (Å²) < 4.78 is 0. The smallest absolute Gasteiger partial charge is 0.0126 e. The lowest BCUT2D eigenvalue weighted by Gasteiger charge is -2.22. The lowest BCUT2D eigenvalue weighted by atomic mass is 10.1. The lowest BCUT2D eigenvalue weighted by Crippen LogP contribution is -2.39. The van der Waals surface area contributed by atoms with Crippen molar-refractivity contribution in [2.75, 3.05) is 0 Å². The van der Waals surface area contributed by atoms with Gasteiger partial charge < -0.3 is 5.32 Å². The van der Waals surface area contributed by atoms with E-state index in [1.54, 1.807) is 0 Å². The molecule has 1 heteroatoms. The van der Waals surface area contributed by atoms with Crippen LogP contribution in [0.25, 0.3) is 0 Å². The van der Waals surface area contributed by atoms with Crippen molar-refractivity contribution in [3.05, 3.63) is 0 Å². The molecule has 0 radical (unpaired) electrons. The van der Waals surface area contributed by atoms with Gasteiger partial charge in [0.2, 0.25) is 0 Å². The number of rotatable bonds is 4. The molecule has 3 aliphatic rings. The topological polar surface area (TPSA) is 12.0 Å². The molecule has 0 bridgehead atoms. The maximum absolute atomic E-state index is 3.97. The molecule has 3 saturated carbocycles. The molecular formula is C13H23N. The molecule has 2 atom stereocenters.